The average molecular weight is 252 g/mol. The van der Waals surface area contributed by atoms with E-state index in [0.29, 0.717) is 18.1 Å². The van der Waals surface area contributed by atoms with E-state index in [9.17, 15) is 4.79 Å². The second-order valence-corrected chi connectivity index (χ2v) is 5.82. The fourth-order valence-corrected chi connectivity index (χ4v) is 3.44. The number of carbonyl (C=O) groups is 1. The maximum absolute atomic E-state index is 12.5. The summed E-state index contributed by atoms with van der Waals surface area (Å²) in [5.74, 6) is 0.377. The zero-order chi connectivity index (χ0) is 13.0. The lowest BCUT2D eigenvalue weighted by Crippen LogP contribution is -2.45. The zero-order valence-electron chi connectivity index (χ0n) is 12.0. The van der Waals surface area contributed by atoms with Gasteiger partial charge in [0, 0.05) is 6.04 Å². The molecule has 0 radical (unpaired) electrons. The van der Waals surface area contributed by atoms with E-state index in [1.54, 1.807) is 0 Å². The van der Waals surface area contributed by atoms with E-state index >= 15 is 0 Å². The molecular formula is C15H28N2O. The molecule has 3 nitrogen and oxygen atoms in total. The van der Waals surface area contributed by atoms with Gasteiger partial charge in [-0.1, -0.05) is 46.0 Å². The van der Waals surface area contributed by atoms with Crippen molar-refractivity contribution >= 4 is 5.91 Å². The molecule has 1 aliphatic carbocycles. The minimum Gasteiger partial charge on any atom is -0.323 e. The highest BCUT2D eigenvalue weighted by Gasteiger charge is 2.41. The van der Waals surface area contributed by atoms with Crippen LogP contribution < -0.4 is 5.32 Å². The van der Waals surface area contributed by atoms with E-state index in [0.717, 1.165) is 19.3 Å². The Kier molecular flexibility index (Phi) is 5.04. The summed E-state index contributed by atoms with van der Waals surface area (Å²) in [7, 11) is 0. The Labute approximate surface area is 111 Å². The van der Waals surface area contributed by atoms with Crippen LogP contribution in [0.15, 0.2) is 0 Å². The summed E-state index contributed by atoms with van der Waals surface area (Å²) >= 11 is 0. The first kappa shape index (κ1) is 13.9. The van der Waals surface area contributed by atoms with Gasteiger partial charge in [-0.25, -0.2) is 0 Å². The fourth-order valence-electron chi connectivity index (χ4n) is 3.44. The Balaban J connectivity index is 2.00. The Hall–Kier alpha value is -0.570. The maximum atomic E-state index is 12.5. The summed E-state index contributed by atoms with van der Waals surface area (Å²) in [5, 5.41) is 3.55. The summed E-state index contributed by atoms with van der Waals surface area (Å²) < 4.78 is 0. The highest BCUT2D eigenvalue weighted by atomic mass is 16.2. The maximum Gasteiger partial charge on any atom is 0.241 e. The number of nitrogens with zero attached hydrogens (tertiary/aromatic N) is 1. The van der Waals surface area contributed by atoms with Gasteiger partial charge in [0.05, 0.1) is 12.2 Å². The molecule has 2 atom stereocenters. The van der Waals surface area contributed by atoms with Crippen LogP contribution in [-0.2, 0) is 4.79 Å². The lowest BCUT2D eigenvalue weighted by atomic mass is 9.93. The average Bonchev–Trinajstić information content (AvgIpc) is 2.74. The van der Waals surface area contributed by atoms with Gasteiger partial charge in [-0.2, -0.15) is 0 Å². The molecule has 18 heavy (non-hydrogen) atoms. The fraction of sp³-hybridized carbons (Fsp3) is 0.933. The SMILES string of the molecule is CCCCC1NC(CC)N(C2CCCCC2)C1=O. The van der Waals surface area contributed by atoms with Crippen molar-refractivity contribution in [2.24, 2.45) is 0 Å². The quantitative estimate of drug-likeness (QED) is 0.815. The van der Waals surface area contributed by atoms with Gasteiger partial charge in [0.15, 0.2) is 0 Å². The predicted molar refractivity (Wildman–Crippen MR) is 74.2 cm³/mol. The van der Waals surface area contributed by atoms with E-state index in [1.165, 1.54) is 38.5 Å². The van der Waals surface area contributed by atoms with Gasteiger partial charge in [-0.05, 0) is 25.7 Å². The van der Waals surface area contributed by atoms with Crippen molar-refractivity contribution in [1.82, 2.24) is 10.2 Å². The molecule has 2 rings (SSSR count). The van der Waals surface area contributed by atoms with Crippen LogP contribution in [-0.4, -0.2) is 29.1 Å². The second kappa shape index (κ2) is 6.55. The Morgan fingerprint density at radius 2 is 1.94 bits per heavy atom. The van der Waals surface area contributed by atoms with Crippen LogP contribution in [0.25, 0.3) is 0 Å². The van der Waals surface area contributed by atoms with Gasteiger partial charge in [0.2, 0.25) is 5.91 Å². The van der Waals surface area contributed by atoms with E-state index in [4.69, 9.17) is 0 Å². The lowest BCUT2D eigenvalue weighted by Gasteiger charge is -2.34. The van der Waals surface area contributed by atoms with Gasteiger partial charge in [-0.15, -0.1) is 0 Å². The first-order chi connectivity index (χ1) is 8.77. The summed E-state index contributed by atoms with van der Waals surface area (Å²) in [6, 6.07) is 0.604. The van der Waals surface area contributed by atoms with Crippen molar-refractivity contribution in [2.75, 3.05) is 0 Å². The van der Waals surface area contributed by atoms with Gasteiger partial charge >= 0.3 is 0 Å². The monoisotopic (exact) mass is 252 g/mol. The summed E-state index contributed by atoms with van der Waals surface area (Å²) in [6.07, 6.45) is 11.0. The summed E-state index contributed by atoms with van der Waals surface area (Å²) in [4.78, 5) is 14.7. The topological polar surface area (TPSA) is 32.3 Å². The first-order valence-corrected chi connectivity index (χ1v) is 7.86. The standard InChI is InChI=1S/C15H28N2O/c1-3-5-11-13-15(18)17(14(4-2)16-13)12-9-7-6-8-10-12/h12-14,16H,3-11H2,1-2H3. The largest absolute Gasteiger partial charge is 0.323 e. The van der Waals surface area contributed by atoms with E-state index < -0.39 is 0 Å². The highest BCUT2D eigenvalue weighted by molar-refractivity contribution is 5.84. The second-order valence-electron chi connectivity index (χ2n) is 5.82. The van der Waals surface area contributed by atoms with E-state index in [2.05, 4.69) is 24.1 Å². The third kappa shape index (κ3) is 2.87. The molecule has 2 aliphatic rings. The molecule has 0 aromatic carbocycles. The molecule has 3 heteroatoms. The zero-order valence-corrected chi connectivity index (χ0v) is 12.0. The van der Waals surface area contributed by atoms with Crippen LogP contribution >= 0.6 is 0 Å². The van der Waals surface area contributed by atoms with Crippen molar-refractivity contribution in [3.8, 4) is 0 Å². The van der Waals surface area contributed by atoms with E-state index in [1.807, 2.05) is 0 Å². The molecule has 0 aromatic heterocycles. The molecule has 2 unspecified atom stereocenters. The van der Waals surface area contributed by atoms with Crippen LogP contribution in [0, 0.1) is 0 Å². The van der Waals surface area contributed by atoms with Gasteiger partial charge < -0.3 is 4.90 Å². The molecule has 1 N–H and O–H groups in total. The van der Waals surface area contributed by atoms with Crippen molar-refractivity contribution in [3.05, 3.63) is 0 Å². The predicted octanol–water partition coefficient (Wildman–Crippen LogP) is 3.05. The number of carbonyl (C=O) groups excluding carboxylic acids is 1. The van der Waals surface area contributed by atoms with Crippen molar-refractivity contribution in [3.63, 3.8) is 0 Å². The number of rotatable bonds is 5. The third-order valence-corrected chi connectivity index (χ3v) is 4.48. The molecule has 0 spiro atoms. The number of unbranched alkanes of at least 4 members (excludes halogenated alkanes) is 1. The first-order valence-electron chi connectivity index (χ1n) is 7.86. The smallest absolute Gasteiger partial charge is 0.241 e. The molecule has 1 saturated carbocycles. The molecule has 2 fully saturated rings. The van der Waals surface area contributed by atoms with Crippen LogP contribution in [0.3, 0.4) is 0 Å². The van der Waals surface area contributed by atoms with E-state index in [-0.39, 0.29) is 6.04 Å². The van der Waals surface area contributed by atoms with Crippen molar-refractivity contribution in [2.45, 2.75) is 89.9 Å². The number of amides is 1. The molecule has 1 amide bonds. The molecule has 1 aliphatic heterocycles. The highest BCUT2D eigenvalue weighted by Crippen LogP contribution is 2.28. The summed E-state index contributed by atoms with van der Waals surface area (Å²) in [5.41, 5.74) is 0. The molecule has 0 aromatic rings. The molecule has 1 saturated heterocycles. The molecular weight excluding hydrogens is 224 g/mol. The third-order valence-electron chi connectivity index (χ3n) is 4.48. The van der Waals surface area contributed by atoms with Gasteiger partial charge in [-0.3, -0.25) is 10.1 Å². The van der Waals surface area contributed by atoms with Gasteiger partial charge in [0.1, 0.15) is 0 Å². The Morgan fingerprint density at radius 1 is 1.22 bits per heavy atom. The van der Waals surface area contributed by atoms with Crippen LogP contribution in [0.5, 0.6) is 0 Å². The van der Waals surface area contributed by atoms with Crippen molar-refractivity contribution < 1.29 is 4.79 Å². The lowest BCUT2D eigenvalue weighted by molar-refractivity contribution is -0.133. The molecule has 104 valence electrons. The minimum atomic E-state index is 0.0943. The Bertz CT molecular complexity index is 274. The number of hydrogen-bond acceptors (Lipinski definition) is 2. The van der Waals surface area contributed by atoms with Gasteiger partial charge in [0.25, 0.3) is 0 Å². The van der Waals surface area contributed by atoms with Crippen LogP contribution in [0.1, 0.15) is 71.6 Å². The summed E-state index contributed by atoms with van der Waals surface area (Å²) in [6.45, 7) is 4.37. The van der Waals surface area contributed by atoms with Crippen molar-refractivity contribution in [1.29, 1.82) is 0 Å². The minimum absolute atomic E-state index is 0.0943. The normalized spacial score (nSPS) is 30.1. The molecule has 0 bridgehead atoms. The number of hydrogen-bond donors (Lipinski definition) is 1. The van der Waals surface area contributed by atoms with Crippen LogP contribution in [0.2, 0.25) is 0 Å². The number of nitrogens with one attached hydrogen (secondary N) is 1. The van der Waals surface area contributed by atoms with Crippen LogP contribution in [0.4, 0.5) is 0 Å². The Morgan fingerprint density at radius 3 is 2.56 bits per heavy atom. The molecule has 1 heterocycles.